The Morgan fingerprint density at radius 1 is 1.31 bits per heavy atom. The first kappa shape index (κ1) is 11.0. The van der Waals surface area contributed by atoms with Crippen LogP contribution in [0.2, 0.25) is 0 Å². The third-order valence-electron chi connectivity index (χ3n) is 3.05. The first-order valence-electron chi connectivity index (χ1n) is 5.66. The summed E-state index contributed by atoms with van der Waals surface area (Å²) >= 11 is 0. The molecule has 1 aromatic rings. The maximum Gasteiger partial charge on any atom is 0.119 e. The molecule has 1 saturated carbocycles. The monoisotopic (exact) mass is 216 g/mol. The molecule has 1 aliphatic carbocycles. The van der Waals surface area contributed by atoms with Crippen LogP contribution in [0.25, 0.3) is 0 Å². The summed E-state index contributed by atoms with van der Waals surface area (Å²) in [4.78, 5) is 0. The molecule has 0 aromatic heterocycles. The summed E-state index contributed by atoms with van der Waals surface area (Å²) in [6, 6.07) is 9.67. The van der Waals surface area contributed by atoms with Crippen molar-refractivity contribution in [2.24, 2.45) is 11.7 Å². The Labute approximate surface area is 95.8 Å². The second-order valence-corrected chi connectivity index (χ2v) is 4.39. The minimum atomic E-state index is 0.356. The van der Waals surface area contributed by atoms with Gasteiger partial charge in [0, 0.05) is 6.04 Å². The molecule has 0 bridgehead atoms. The molecule has 2 atom stereocenters. The Balaban J connectivity index is 1.83. The molecule has 1 fully saturated rings. The van der Waals surface area contributed by atoms with Crippen LogP contribution >= 0.6 is 0 Å². The van der Waals surface area contributed by atoms with Gasteiger partial charge in [-0.1, -0.05) is 0 Å². The van der Waals surface area contributed by atoms with E-state index < -0.39 is 0 Å². The second-order valence-electron chi connectivity index (χ2n) is 4.39. The largest absolute Gasteiger partial charge is 0.493 e. The number of ether oxygens (including phenoxy) is 1. The molecule has 0 radical (unpaired) electrons. The van der Waals surface area contributed by atoms with Crippen molar-refractivity contribution in [3.8, 4) is 11.8 Å². The molecule has 84 valence electrons. The van der Waals surface area contributed by atoms with Crippen LogP contribution in [0, 0.1) is 17.2 Å². The Morgan fingerprint density at radius 3 is 2.62 bits per heavy atom. The van der Waals surface area contributed by atoms with Crippen molar-refractivity contribution >= 4 is 0 Å². The third-order valence-corrected chi connectivity index (χ3v) is 3.05. The van der Waals surface area contributed by atoms with Gasteiger partial charge in [0.2, 0.25) is 0 Å². The first-order valence-corrected chi connectivity index (χ1v) is 5.66. The van der Waals surface area contributed by atoms with Crippen LogP contribution in [0.1, 0.15) is 24.8 Å². The number of benzene rings is 1. The lowest BCUT2D eigenvalue weighted by Crippen LogP contribution is -2.16. The van der Waals surface area contributed by atoms with E-state index in [1.165, 1.54) is 0 Å². The van der Waals surface area contributed by atoms with Crippen molar-refractivity contribution in [1.29, 1.82) is 5.26 Å². The van der Waals surface area contributed by atoms with Gasteiger partial charge >= 0.3 is 0 Å². The van der Waals surface area contributed by atoms with Gasteiger partial charge in [-0.15, -0.1) is 0 Å². The molecule has 2 rings (SSSR count). The molecule has 0 unspecified atom stereocenters. The van der Waals surface area contributed by atoms with Crippen molar-refractivity contribution in [3.05, 3.63) is 29.8 Å². The molecule has 0 aliphatic heterocycles. The van der Waals surface area contributed by atoms with Gasteiger partial charge in [-0.3, -0.25) is 0 Å². The highest BCUT2D eigenvalue weighted by Gasteiger charge is 2.21. The summed E-state index contributed by atoms with van der Waals surface area (Å²) in [7, 11) is 0. The van der Waals surface area contributed by atoms with E-state index in [-0.39, 0.29) is 0 Å². The molecule has 0 saturated heterocycles. The minimum Gasteiger partial charge on any atom is -0.493 e. The molecule has 1 aliphatic rings. The molecule has 3 heteroatoms. The smallest absolute Gasteiger partial charge is 0.119 e. The van der Waals surface area contributed by atoms with E-state index in [4.69, 9.17) is 15.7 Å². The fourth-order valence-electron chi connectivity index (χ4n) is 2.10. The third kappa shape index (κ3) is 2.74. The second kappa shape index (κ2) is 5.00. The predicted octanol–water partition coefficient (Wildman–Crippen LogP) is 2.06. The fraction of sp³-hybridized carbons (Fsp3) is 0.462. The number of rotatable bonds is 3. The van der Waals surface area contributed by atoms with E-state index in [1.807, 2.05) is 12.1 Å². The Morgan fingerprint density at radius 2 is 2.06 bits per heavy atom. The predicted molar refractivity (Wildman–Crippen MR) is 62.0 cm³/mol. The van der Waals surface area contributed by atoms with Crippen molar-refractivity contribution in [3.63, 3.8) is 0 Å². The SMILES string of the molecule is N#Cc1ccc(OC[C@H]2CC[C@@H](N)C2)cc1. The number of hydrogen-bond acceptors (Lipinski definition) is 3. The van der Waals surface area contributed by atoms with Crippen molar-refractivity contribution in [2.45, 2.75) is 25.3 Å². The number of nitrogens with two attached hydrogens (primary N) is 1. The summed E-state index contributed by atoms with van der Waals surface area (Å²) in [5, 5.41) is 8.66. The van der Waals surface area contributed by atoms with Gasteiger partial charge in [-0.25, -0.2) is 0 Å². The maximum absolute atomic E-state index is 8.66. The van der Waals surface area contributed by atoms with Crippen LogP contribution < -0.4 is 10.5 Å². The zero-order valence-electron chi connectivity index (χ0n) is 9.23. The molecular weight excluding hydrogens is 200 g/mol. The van der Waals surface area contributed by atoms with E-state index in [0.717, 1.165) is 31.6 Å². The lowest BCUT2D eigenvalue weighted by molar-refractivity contribution is 0.251. The molecule has 1 aromatic carbocycles. The number of nitriles is 1. The van der Waals surface area contributed by atoms with Crippen LogP contribution in [0.4, 0.5) is 0 Å². The van der Waals surface area contributed by atoms with Crippen molar-refractivity contribution in [2.75, 3.05) is 6.61 Å². The fourth-order valence-corrected chi connectivity index (χ4v) is 2.10. The van der Waals surface area contributed by atoms with E-state index >= 15 is 0 Å². The quantitative estimate of drug-likeness (QED) is 0.841. The van der Waals surface area contributed by atoms with Crippen LogP contribution in [-0.4, -0.2) is 12.6 Å². The molecule has 0 heterocycles. The van der Waals surface area contributed by atoms with Gasteiger partial charge in [0.05, 0.1) is 18.2 Å². The van der Waals surface area contributed by atoms with E-state index in [1.54, 1.807) is 12.1 Å². The molecular formula is C13H16N2O. The Hall–Kier alpha value is -1.53. The molecule has 3 nitrogen and oxygen atoms in total. The molecule has 0 amide bonds. The number of nitrogens with zero attached hydrogens (tertiary/aromatic N) is 1. The first-order chi connectivity index (χ1) is 7.78. The van der Waals surface area contributed by atoms with Crippen LogP contribution in [0.15, 0.2) is 24.3 Å². The Bertz CT molecular complexity index is 380. The lowest BCUT2D eigenvalue weighted by Gasteiger charge is -2.11. The zero-order chi connectivity index (χ0) is 11.4. The topological polar surface area (TPSA) is 59.0 Å². The average molecular weight is 216 g/mol. The Kier molecular flexibility index (Phi) is 3.43. The van der Waals surface area contributed by atoms with Gasteiger partial charge in [-0.2, -0.15) is 5.26 Å². The maximum atomic E-state index is 8.66. The van der Waals surface area contributed by atoms with Crippen LogP contribution in [0.5, 0.6) is 5.75 Å². The summed E-state index contributed by atoms with van der Waals surface area (Å²) in [6.07, 6.45) is 3.34. The zero-order valence-corrected chi connectivity index (χ0v) is 9.23. The van der Waals surface area contributed by atoms with Crippen LogP contribution in [0.3, 0.4) is 0 Å². The van der Waals surface area contributed by atoms with E-state index in [0.29, 0.717) is 17.5 Å². The average Bonchev–Trinajstić information content (AvgIpc) is 2.73. The van der Waals surface area contributed by atoms with Crippen molar-refractivity contribution < 1.29 is 4.74 Å². The number of hydrogen-bond donors (Lipinski definition) is 1. The minimum absolute atomic E-state index is 0.356. The molecule has 0 spiro atoms. The van der Waals surface area contributed by atoms with Gasteiger partial charge in [0.15, 0.2) is 0 Å². The summed E-state index contributed by atoms with van der Waals surface area (Å²) in [5.74, 6) is 1.42. The van der Waals surface area contributed by atoms with Gasteiger partial charge < -0.3 is 10.5 Å². The lowest BCUT2D eigenvalue weighted by atomic mass is 10.1. The van der Waals surface area contributed by atoms with E-state index in [9.17, 15) is 0 Å². The van der Waals surface area contributed by atoms with Crippen LogP contribution in [-0.2, 0) is 0 Å². The van der Waals surface area contributed by atoms with Gasteiger partial charge in [0.1, 0.15) is 5.75 Å². The van der Waals surface area contributed by atoms with E-state index in [2.05, 4.69) is 6.07 Å². The summed E-state index contributed by atoms with van der Waals surface area (Å²) in [5.41, 5.74) is 6.50. The highest BCUT2D eigenvalue weighted by atomic mass is 16.5. The molecule has 16 heavy (non-hydrogen) atoms. The highest BCUT2D eigenvalue weighted by molar-refractivity contribution is 5.34. The van der Waals surface area contributed by atoms with Crippen molar-refractivity contribution in [1.82, 2.24) is 0 Å². The van der Waals surface area contributed by atoms with Gasteiger partial charge in [0.25, 0.3) is 0 Å². The van der Waals surface area contributed by atoms with Gasteiger partial charge in [-0.05, 0) is 49.4 Å². The highest BCUT2D eigenvalue weighted by Crippen LogP contribution is 2.25. The standard InChI is InChI=1S/C13H16N2O/c14-8-10-2-5-13(6-3-10)16-9-11-1-4-12(15)7-11/h2-3,5-6,11-12H,1,4,7,9,15H2/t11-,12+/m0/s1. The summed E-state index contributed by atoms with van der Waals surface area (Å²) < 4.78 is 5.67. The molecule has 2 N–H and O–H groups in total. The normalized spacial score (nSPS) is 24.0. The summed E-state index contributed by atoms with van der Waals surface area (Å²) in [6.45, 7) is 0.736.